The van der Waals surface area contributed by atoms with Crippen LogP contribution in [-0.4, -0.2) is 48.6 Å². The van der Waals surface area contributed by atoms with Crippen molar-refractivity contribution in [3.05, 3.63) is 29.6 Å². The van der Waals surface area contributed by atoms with Gasteiger partial charge in [0, 0.05) is 24.8 Å². The van der Waals surface area contributed by atoms with Crippen molar-refractivity contribution in [2.24, 2.45) is 0 Å². The number of nitrogens with zero attached hydrogens (tertiary/aromatic N) is 2. The van der Waals surface area contributed by atoms with Crippen LogP contribution in [0, 0.1) is 6.92 Å². The van der Waals surface area contributed by atoms with Crippen LogP contribution in [0.25, 0.3) is 0 Å². The highest BCUT2D eigenvalue weighted by Gasteiger charge is 2.35. The van der Waals surface area contributed by atoms with E-state index >= 15 is 0 Å². The SMILES string of the molecule is Cc1cccc(C(=O)N2CCC[C@H](S(=O)(=O)NC3CCCC3)C2)n1. The van der Waals surface area contributed by atoms with Crippen LogP contribution in [0.1, 0.15) is 54.7 Å². The number of hydrogen-bond acceptors (Lipinski definition) is 4. The number of piperidine rings is 1. The molecule has 24 heavy (non-hydrogen) atoms. The van der Waals surface area contributed by atoms with Crippen molar-refractivity contribution in [2.45, 2.75) is 56.7 Å². The minimum Gasteiger partial charge on any atom is -0.336 e. The van der Waals surface area contributed by atoms with Crippen LogP contribution in [0.4, 0.5) is 0 Å². The molecular formula is C17H25N3O3S. The summed E-state index contributed by atoms with van der Waals surface area (Å²) in [4.78, 5) is 18.5. The maximum atomic E-state index is 12.6. The third kappa shape index (κ3) is 3.95. The van der Waals surface area contributed by atoms with Gasteiger partial charge in [0.05, 0.1) is 5.25 Å². The van der Waals surface area contributed by atoms with Gasteiger partial charge in [-0.25, -0.2) is 18.1 Å². The summed E-state index contributed by atoms with van der Waals surface area (Å²) < 4.78 is 28.1. The van der Waals surface area contributed by atoms with Crippen molar-refractivity contribution in [2.75, 3.05) is 13.1 Å². The molecule has 1 aromatic rings. The Morgan fingerprint density at radius 1 is 1.21 bits per heavy atom. The second-order valence-electron chi connectivity index (χ2n) is 6.82. The molecule has 0 unspecified atom stereocenters. The molecule has 1 aliphatic carbocycles. The first kappa shape index (κ1) is 17.4. The fourth-order valence-electron chi connectivity index (χ4n) is 3.57. The number of hydrogen-bond donors (Lipinski definition) is 1. The number of nitrogens with one attached hydrogen (secondary N) is 1. The van der Waals surface area contributed by atoms with Crippen molar-refractivity contribution in [1.82, 2.24) is 14.6 Å². The molecule has 2 fully saturated rings. The molecule has 1 aliphatic heterocycles. The Bertz CT molecular complexity index is 699. The summed E-state index contributed by atoms with van der Waals surface area (Å²) in [6, 6.07) is 5.39. The zero-order chi connectivity index (χ0) is 17.2. The van der Waals surface area contributed by atoms with Crippen molar-refractivity contribution in [1.29, 1.82) is 0 Å². The molecule has 2 aliphatic rings. The van der Waals surface area contributed by atoms with Crippen molar-refractivity contribution in [3.63, 3.8) is 0 Å². The highest BCUT2D eigenvalue weighted by Crippen LogP contribution is 2.22. The summed E-state index contributed by atoms with van der Waals surface area (Å²) in [5.41, 5.74) is 1.17. The van der Waals surface area contributed by atoms with E-state index in [1.165, 1.54) is 0 Å². The lowest BCUT2D eigenvalue weighted by Gasteiger charge is -2.33. The molecule has 0 bridgehead atoms. The highest BCUT2D eigenvalue weighted by molar-refractivity contribution is 7.90. The molecular weight excluding hydrogens is 326 g/mol. The third-order valence-corrected chi connectivity index (χ3v) is 6.82. The number of carbonyl (C=O) groups is 1. The van der Waals surface area contributed by atoms with Crippen LogP contribution in [0.3, 0.4) is 0 Å². The highest BCUT2D eigenvalue weighted by atomic mass is 32.2. The standard InChI is InChI=1S/C17H25N3O3S/c1-13-6-4-10-16(18-13)17(21)20-11-5-9-15(12-20)24(22,23)19-14-7-2-3-8-14/h4,6,10,14-15,19H,2-3,5,7-9,11-12H2,1H3/t15-/m0/s1. The van der Waals surface area contributed by atoms with Gasteiger partial charge in [-0.3, -0.25) is 4.79 Å². The van der Waals surface area contributed by atoms with Gasteiger partial charge in [-0.05, 0) is 44.7 Å². The number of aromatic nitrogens is 1. The maximum Gasteiger partial charge on any atom is 0.272 e. The first-order valence-corrected chi connectivity index (χ1v) is 10.2. The predicted molar refractivity (Wildman–Crippen MR) is 92.2 cm³/mol. The van der Waals surface area contributed by atoms with Gasteiger partial charge in [-0.1, -0.05) is 18.9 Å². The molecule has 1 saturated carbocycles. The normalized spacial score (nSPS) is 22.7. The number of rotatable bonds is 4. The molecule has 1 saturated heterocycles. The lowest BCUT2D eigenvalue weighted by Crippen LogP contribution is -2.50. The van der Waals surface area contributed by atoms with Crippen LogP contribution < -0.4 is 4.72 Å². The monoisotopic (exact) mass is 351 g/mol. The van der Waals surface area contributed by atoms with Crippen LogP contribution in [0.5, 0.6) is 0 Å². The Balaban J connectivity index is 1.68. The largest absolute Gasteiger partial charge is 0.336 e. The summed E-state index contributed by atoms with van der Waals surface area (Å²) in [6.07, 6.45) is 5.31. The third-order valence-electron chi connectivity index (χ3n) is 4.90. The van der Waals surface area contributed by atoms with Gasteiger partial charge in [0.25, 0.3) is 5.91 Å². The van der Waals surface area contributed by atoms with Crippen molar-refractivity contribution < 1.29 is 13.2 Å². The molecule has 0 aromatic carbocycles. The minimum atomic E-state index is -3.39. The number of sulfonamides is 1. The zero-order valence-corrected chi connectivity index (χ0v) is 14.9. The Morgan fingerprint density at radius 2 is 1.96 bits per heavy atom. The average molecular weight is 351 g/mol. The van der Waals surface area contributed by atoms with Crippen LogP contribution in [0.2, 0.25) is 0 Å². The molecule has 1 atom stereocenters. The van der Waals surface area contributed by atoms with Gasteiger partial charge >= 0.3 is 0 Å². The molecule has 1 amide bonds. The molecule has 1 aromatic heterocycles. The molecule has 6 nitrogen and oxygen atoms in total. The van der Waals surface area contributed by atoms with Gasteiger partial charge in [0.2, 0.25) is 10.0 Å². The van der Waals surface area contributed by atoms with Crippen molar-refractivity contribution in [3.8, 4) is 0 Å². The topological polar surface area (TPSA) is 79.4 Å². The second-order valence-corrected chi connectivity index (χ2v) is 8.82. The van der Waals surface area contributed by atoms with E-state index in [0.717, 1.165) is 31.4 Å². The zero-order valence-electron chi connectivity index (χ0n) is 14.1. The first-order valence-electron chi connectivity index (χ1n) is 8.70. The Labute approximate surface area is 143 Å². The van der Waals surface area contributed by atoms with E-state index in [2.05, 4.69) is 9.71 Å². The van der Waals surface area contributed by atoms with Gasteiger partial charge in [-0.15, -0.1) is 0 Å². The summed E-state index contributed by atoms with van der Waals surface area (Å²) in [7, 11) is -3.39. The molecule has 7 heteroatoms. The number of aryl methyl sites for hydroxylation is 1. The number of likely N-dealkylation sites (tertiary alicyclic amines) is 1. The van der Waals surface area contributed by atoms with Crippen LogP contribution >= 0.6 is 0 Å². The van der Waals surface area contributed by atoms with E-state index in [0.29, 0.717) is 25.1 Å². The summed E-state index contributed by atoms with van der Waals surface area (Å²) in [5.74, 6) is -0.181. The Kier molecular flexibility index (Phi) is 5.20. The summed E-state index contributed by atoms with van der Waals surface area (Å²) >= 11 is 0. The van der Waals surface area contributed by atoms with Gasteiger partial charge in [0.15, 0.2) is 0 Å². The maximum absolute atomic E-state index is 12.6. The Morgan fingerprint density at radius 3 is 2.67 bits per heavy atom. The first-order chi connectivity index (χ1) is 11.5. The van der Waals surface area contributed by atoms with E-state index < -0.39 is 15.3 Å². The van der Waals surface area contributed by atoms with Crippen LogP contribution in [0.15, 0.2) is 18.2 Å². The quantitative estimate of drug-likeness (QED) is 0.898. The minimum absolute atomic E-state index is 0.0690. The molecule has 1 N–H and O–H groups in total. The summed E-state index contributed by atoms with van der Waals surface area (Å²) in [5, 5.41) is -0.527. The van der Waals surface area contributed by atoms with E-state index in [9.17, 15) is 13.2 Å². The smallest absolute Gasteiger partial charge is 0.272 e. The lowest BCUT2D eigenvalue weighted by atomic mass is 10.1. The van der Waals surface area contributed by atoms with Crippen molar-refractivity contribution >= 4 is 15.9 Å². The summed E-state index contributed by atoms with van der Waals surface area (Å²) in [6.45, 7) is 2.67. The molecule has 0 radical (unpaired) electrons. The van der Waals surface area contributed by atoms with E-state index in [1.54, 1.807) is 17.0 Å². The average Bonchev–Trinajstić information content (AvgIpc) is 3.06. The van der Waals surface area contributed by atoms with Gasteiger partial charge in [0.1, 0.15) is 5.69 Å². The van der Waals surface area contributed by atoms with E-state index in [4.69, 9.17) is 0 Å². The fourth-order valence-corrected chi connectivity index (χ4v) is 5.32. The number of amides is 1. The molecule has 0 spiro atoms. The van der Waals surface area contributed by atoms with Gasteiger partial charge < -0.3 is 4.90 Å². The van der Waals surface area contributed by atoms with Crippen LogP contribution in [-0.2, 0) is 10.0 Å². The molecule has 2 heterocycles. The molecule has 3 rings (SSSR count). The van der Waals surface area contributed by atoms with E-state index in [1.807, 2.05) is 13.0 Å². The van der Waals surface area contributed by atoms with E-state index in [-0.39, 0.29) is 18.5 Å². The predicted octanol–water partition coefficient (Wildman–Crippen LogP) is 1.86. The number of carbonyl (C=O) groups excluding carboxylic acids is 1. The second kappa shape index (κ2) is 7.19. The number of pyridine rings is 1. The lowest BCUT2D eigenvalue weighted by molar-refractivity contribution is 0.0720. The Hall–Kier alpha value is -1.47. The molecule has 132 valence electrons. The van der Waals surface area contributed by atoms with Gasteiger partial charge in [-0.2, -0.15) is 0 Å². The fraction of sp³-hybridized carbons (Fsp3) is 0.647.